The number of aryl methyl sites for hydroxylation is 1. The Labute approximate surface area is 143 Å². The Kier molecular flexibility index (Phi) is 4.31. The van der Waals surface area contributed by atoms with Crippen LogP contribution in [0, 0.1) is 12.7 Å². The quantitative estimate of drug-likeness (QED) is 0.785. The normalized spacial score (nSPS) is 11.1. The summed E-state index contributed by atoms with van der Waals surface area (Å²) in [4.78, 5) is 11.5. The van der Waals surface area contributed by atoms with Gasteiger partial charge >= 0.3 is 5.97 Å². The minimum atomic E-state index is -1.10. The minimum Gasteiger partial charge on any atom is -0.478 e. The number of carboxylic acids is 1. The number of aromatic carboxylic acids is 1. The van der Waals surface area contributed by atoms with Gasteiger partial charge in [0, 0.05) is 11.5 Å². The number of benzene rings is 2. The van der Waals surface area contributed by atoms with E-state index in [1.165, 1.54) is 16.8 Å². The number of hydrogen-bond donors (Lipinski definition) is 1. The predicted octanol–water partition coefficient (Wildman–Crippen LogP) is 3.60. The largest absolute Gasteiger partial charge is 0.478 e. The third kappa shape index (κ3) is 3.13. The monoisotopic (exact) mass is 340 g/mol. The molecule has 1 N–H and O–H groups in total. The summed E-state index contributed by atoms with van der Waals surface area (Å²) in [6.45, 7) is 5.54. The molecule has 6 nitrogen and oxygen atoms in total. The van der Waals surface area contributed by atoms with Crippen molar-refractivity contribution >= 4 is 5.97 Å². The van der Waals surface area contributed by atoms with Gasteiger partial charge in [0.2, 0.25) is 0 Å². The van der Waals surface area contributed by atoms with Crippen molar-refractivity contribution in [1.29, 1.82) is 0 Å². The lowest BCUT2D eigenvalue weighted by Gasteiger charge is -2.12. The Morgan fingerprint density at radius 2 is 2.00 bits per heavy atom. The molecule has 25 heavy (non-hydrogen) atoms. The van der Waals surface area contributed by atoms with Crippen molar-refractivity contribution in [2.45, 2.75) is 26.7 Å². The maximum absolute atomic E-state index is 14.5. The summed E-state index contributed by atoms with van der Waals surface area (Å²) in [5, 5.41) is 21.0. The van der Waals surface area contributed by atoms with Gasteiger partial charge < -0.3 is 5.11 Å². The molecule has 0 saturated carbocycles. The van der Waals surface area contributed by atoms with Crippen molar-refractivity contribution in [3.05, 3.63) is 59.2 Å². The van der Waals surface area contributed by atoms with E-state index in [0.29, 0.717) is 28.2 Å². The predicted molar refractivity (Wildman–Crippen MR) is 90.3 cm³/mol. The molecule has 2 aromatic carbocycles. The van der Waals surface area contributed by atoms with E-state index in [0.717, 1.165) is 0 Å². The number of halogens is 1. The number of carboxylic acid groups (broad SMARTS) is 1. The van der Waals surface area contributed by atoms with Crippen LogP contribution in [0.4, 0.5) is 4.39 Å². The van der Waals surface area contributed by atoms with Crippen molar-refractivity contribution in [2.24, 2.45) is 0 Å². The second kappa shape index (κ2) is 6.43. The summed E-state index contributed by atoms with van der Waals surface area (Å²) in [7, 11) is 0. The standard InChI is InChI=1S/C18H17FN4O2/c1-10(2)17-20-21-22-23(17)14-8-12(7-13(9-14)18(24)25)15-6-4-5-11(3)16(15)19/h4-10H,1-3H3,(H,24,25). The molecule has 0 atom stereocenters. The summed E-state index contributed by atoms with van der Waals surface area (Å²) in [6, 6.07) is 9.63. The summed E-state index contributed by atoms with van der Waals surface area (Å²) >= 11 is 0. The molecular formula is C18H17FN4O2. The molecule has 0 spiro atoms. The minimum absolute atomic E-state index is 0.0404. The van der Waals surface area contributed by atoms with E-state index in [1.54, 1.807) is 31.2 Å². The number of hydrogen-bond acceptors (Lipinski definition) is 4. The lowest BCUT2D eigenvalue weighted by Crippen LogP contribution is -2.07. The topological polar surface area (TPSA) is 80.9 Å². The number of nitrogens with zero attached hydrogens (tertiary/aromatic N) is 4. The van der Waals surface area contributed by atoms with Gasteiger partial charge in [0.25, 0.3) is 0 Å². The van der Waals surface area contributed by atoms with Gasteiger partial charge in [-0.3, -0.25) is 0 Å². The fourth-order valence-corrected chi connectivity index (χ4v) is 2.62. The number of aromatic nitrogens is 4. The lowest BCUT2D eigenvalue weighted by molar-refractivity contribution is 0.0697. The van der Waals surface area contributed by atoms with Crippen LogP contribution in [0.25, 0.3) is 16.8 Å². The van der Waals surface area contributed by atoms with Crippen LogP contribution >= 0.6 is 0 Å². The van der Waals surface area contributed by atoms with Gasteiger partial charge in [0.1, 0.15) is 5.82 Å². The van der Waals surface area contributed by atoms with Gasteiger partial charge in [-0.05, 0) is 46.7 Å². The molecule has 128 valence electrons. The van der Waals surface area contributed by atoms with Crippen molar-refractivity contribution in [3.63, 3.8) is 0 Å². The van der Waals surface area contributed by atoms with E-state index in [2.05, 4.69) is 15.5 Å². The van der Waals surface area contributed by atoms with Gasteiger partial charge in [-0.1, -0.05) is 32.0 Å². The maximum atomic E-state index is 14.5. The van der Waals surface area contributed by atoms with Crippen LogP contribution < -0.4 is 0 Å². The van der Waals surface area contributed by atoms with E-state index in [1.807, 2.05) is 13.8 Å². The smallest absolute Gasteiger partial charge is 0.335 e. The second-order valence-electron chi connectivity index (χ2n) is 6.11. The van der Waals surface area contributed by atoms with Crippen LogP contribution in [0.15, 0.2) is 36.4 Å². The fourth-order valence-electron chi connectivity index (χ4n) is 2.62. The van der Waals surface area contributed by atoms with Gasteiger partial charge in [-0.15, -0.1) is 5.10 Å². The van der Waals surface area contributed by atoms with Crippen LogP contribution in [0.2, 0.25) is 0 Å². The average molecular weight is 340 g/mol. The van der Waals surface area contributed by atoms with Crippen molar-refractivity contribution in [2.75, 3.05) is 0 Å². The molecule has 0 amide bonds. The molecule has 0 aliphatic rings. The van der Waals surface area contributed by atoms with Crippen LogP contribution in [-0.2, 0) is 0 Å². The summed E-state index contributed by atoms with van der Waals surface area (Å²) in [5.41, 5.74) is 1.80. The van der Waals surface area contributed by atoms with E-state index in [4.69, 9.17) is 0 Å². The molecule has 0 bridgehead atoms. The molecule has 3 rings (SSSR count). The van der Waals surface area contributed by atoms with Gasteiger partial charge in [-0.25, -0.2) is 9.18 Å². The Balaban J connectivity index is 2.24. The highest BCUT2D eigenvalue weighted by Gasteiger charge is 2.17. The molecule has 3 aromatic rings. The van der Waals surface area contributed by atoms with Crippen molar-refractivity contribution in [3.8, 4) is 16.8 Å². The first-order valence-electron chi connectivity index (χ1n) is 7.81. The Morgan fingerprint density at radius 3 is 2.68 bits per heavy atom. The zero-order valence-electron chi connectivity index (χ0n) is 14.1. The second-order valence-corrected chi connectivity index (χ2v) is 6.11. The number of tetrazole rings is 1. The van der Waals surface area contributed by atoms with Crippen LogP contribution in [0.5, 0.6) is 0 Å². The van der Waals surface area contributed by atoms with Crippen LogP contribution in [0.1, 0.15) is 41.5 Å². The first-order chi connectivity index (χ1) is 11.9. The number of rotatable bonds is 4. The lowest BCUT2D eigenvalue weighted by atomic mass is 9.99. The fraction of sp³-hybridized carbons (Fsp3) is 0.222. The van der Waals surface area contributed by atoms with Gasteiger partial charge in [0.05, 0.1) is 11.3 Å². The third-order valence-corrected chi connectivity index (χ3v) is 3.92. The molecule has 1 heterocycles. The van der Waals surface area contributed by atoms with E-state index >= 15 is 0 Å². The first-order valence-corrected chi connectivity index (χ1v) is 7.81. The molecular weight excluding hydrogens is 323 g/mol. The summed E-state index contributed by atoms with van der Waals surface area (Å²) < 4.78 is 16.0. The molecule has 1 aromatic heterocycles. The number of carbonyl (C=O) groups is 1. The first kappa shape index (κ1) is 16.8. The molecule has 7 heteroatoms. The summed E-state index contributed by atoms with van der Waals surface area (Å²) in [5.74, 6) is -0.840. The van der Waals surface area contributed by atoms with Gasteiger partial charge in [-0.2, -0.15) is 4.68 Å². The zero-order valence-corrected chi connectivity index (χ0v) is 14.1. The Bertz CT molecular complexity index is 950. The zero-order chi connectivity index (χ0) is 18.1. The highest BCUT2D eigenvalue weighted by Crippen LogP contribution is 2.28. The Morgan fingerprint density at radius 1 is 1.24 bits per heavy atom. The van der Waals surface area contributed by atoms with E-state index in [-0.39, 0.29) is 17.3 Å². The molecule has 0 saturated heterocycles. The molecule has 0 aliphatic heterocycles. The van der Waals surface area contributed by atoms with E-state index in [9.17, 15) is 14.3 Å². The average Bonchev–Trinajstić information content (AvgIpc) is 3.07. The third-order valence-electron chi connectivity index (χ3n) is 3.92. The van der Waals surface area contributed by atoms with Crippen LogP contribution in [-0.4, -0.2) is 31.3 Å². The van der Waals surface area contributed by atoms with Crippen molar-refractivity contribution in [1.82, 2.24) is 20.2 Å². The van der Waals surface area contributed by atoms with Crippen molar-refractivity contribution < 1.29 is 14.3 Å². The highest BCUT2D eigenvalue weighted by molar-refractivity contribution is 5.90. The Hall–Kier alpha value is -3.09. The van der Waals surface area contributed by atoms with Gasteiger partial charge in [0.15, 0.2) is 5.82 Å². The van der Waals surface area contributed by atoms with Crippen LogP contribution in [0.3, 0.4) is 0 Å². The molecule has 0 radical (unpaired) electrons. The van der Waals surface area contributed by atoms with E-state index < -0.39 is 5.97 Å². The molecule has 0 fully saturated rings. The highest BCUT2D eigenvalue weighted by atomic mass is 19.1. The maximum Gasteiger partial charge on any atom is 0.335 e. The SMILES string of the molecule is Cc1cccc(-c2cc(C(=O)O)cc(-n3nnnc3C(C)C)c2)c1F. The molecule has 0 aliphatic carbocycles. The molecule has 0 unspecified atom stereocenters. The summed E-state index contributed by atoms with van der Waals surface area (Å²) in [6.07, 6.45) is 0.